The highest BCUT2D eigenvalue weighted by Crippen LogP contribution is 2.26. The summed E-state index contributed by atoms with van der Waals surface area (Å²) in [7, 11) is 0. The molecule has 0 amide bonds. The molecular formula is C14H20N2O. The van der Waals surface area contributed by atoms with Crippen molar-refractivity contribution in [1.29, 1.82) is 0 Å². The van der Waals surface area contributed by atoms with Crippen molar-refractivity contribution in [1.82, 2.24) is 10.2 Å². The third kappa shape index (κ3) is 2.61. The second kappa shape index (κ2) is 5.07. The summed E-state index contributed by atoms with van der Waals surface area (Å²) in [6.07, 6.45) is 2.24. The zero-order chi connectivity index (χ0) is 11.5. The van der Waals surface area contributed by atoms with Crippen molar-refractivity contribution < 1.29 is 4.74 Å². The molecule has 0 saturated carbocycles. The maximum atomic E-state index is 5.53. The molecule has 1 aromatic carbocycles. The molecule has 17 heavy (non-hydrogen) atoms. The van der Waals surface area contributed by atoms with Gasteiger partial charge in [-0.15, -0.1) is 0 Å². The van der Waals surface area contributed by atoms with Gasteiger partial charge < -0.3 is 15.0 Å². The Hall–Kier alpha value is -1.06. The molecule has 2 aliphatic rings. The predicted molar refractivity (Wildman–Crippen MR) is 68.7 cm³/mol. The summed E-state index contributed by atoms with van der Waals surface area (Å²) >= 11 is 0. The van der Waals surface area contributed by atoms with Gasteiger partial charge >= 0.3 is 0 Å². The van der Waals surface area contributed by atoms with Gasteiger partial charge in [0, 0.05) is 39.1 Å². The van der Waals surface area contributed by atoms with Gasteiger partial charge in [-0.3, -0.25) is 0 Å². The number of hydrogen-bond donors (Lipinski definition) is 1. The summed E-state index contributed by atoms with van der Waals surface area (Å²) in [5.74, 6) is 1.09. The van der Waals surface area contributed by atoms with E-state index in [1.165, 1.54) is 30.8 Å². The fourth-order valence-corrected chi connectivity index (χ4v) is 2.62. The van der Waals surface area contributed by atoms with Crippen molar-refractivity contribution in [2.24, 2.45) is 0 Å². The van der Waals surface area contributed by atoms with Crippen LogP contribution in [0.3, 0.4) is 0 Å². The van der Waals surface area contributed by atoms with E-state index in [9.17, 15) is 0 Å². The first kappa shape index (κ1) is 11.1. The number of ether oxygens (including phenoxy) is 1. The van der Waals surface area contributed by atoms with Crippen LogP contribution in [0.4, 0.5) is 0 Å². The standard InChI is InChI=1S/C14H20N2O/c1-2-14-13(4-10-17-14)11-12(1)3-7-16-8-5-15-6-9-16/h1-2,11,15H,3-10H2. The van der Waals surface area contributed by atoms with Crippen LogP contribution in [0.1, 0.15) is 11.1 Å². The van der Waals surface area contributed by atoms with Crippen molar-refractivity contribution in [3.63, 3.8) is 0 Å². The van der Waals surface area contributed by atoms with Crippen LogP contribution in [0.5, 0.6) is 5.75 Å². The largest absolute Gasteiger partial charge is 0.493 e. The Labute approximate surface area is 103 Å². The number of rotatable bonds is 3. The molecule has 92 valence electrons. The summed E-state index contributed by atoms with van der Waals surface area (Å²) in [6.45, 7) is 6.69. The van der Waals surface area contributed by atoms with Crippen LogP contribution < -0.4 is 10.1 Å². The lowest BCUT2D eigenvalue weighted by atomic mass is 10.1. The molecule has 3 rings (SSSR count). The highest BCUT2D eigenvalue weighted by atomic mass is 16.5. The molecule has 1 fully saturated rings. The van der Waals surface area contributed by atoms with Crippen LogP contribution in [0, 0.1) is 0 Å². The topological polar surface area (TPSA) is 24.5 Å². The Balaban J connectivity index is 1.57. The SMILES string of the molecule is c1cc2c(cc1CCN1CCNCC1)CCO2. The van der Waals surface area contributed by atoms with Crippen molar-refractivity contribution in [3.05, 3.63) is 29.3 Å². The summed E-state index contributed by atoms with van der Waals surface area (Å²) in [6, 6.07) is 6.67. The van der Waals surface area contributed by atoms with Crippen molar-refractivity contribution in [3.8, 4) is 5.75 Å². The van der Waals surface area contributed by atoms with E-state index in [1.807, 2.05) is 0 Å². The third-order valence-electron chi connectivity index (χ3n) is 3.68. The van der Waals surface area contributed by atoms with Crippen molar-refractivity contribution in [2.75, 3.05) is 39.3 Å². The molecule has 0 bridgehead atoms. The number of piperazine rings is 1. The second-order valence-corrected chi connectivity index (χ2v) is 4.88. The number of hydrogen-bond acceptors (Lipinski definition) is 3. The van der Waals surface area contributed by atoms with E-state index in [0.29, 0.717) is 0 Å². The molecule has 3 heteroatoms. The second-order valence-electron chi connectivity index (χ2n) is 4.88. The van der Waals surface area contributed by atoms with Crippen LogP contribution in [0.15, 0.2) is 18.2 Å². The average Bonchev–Trinajstić information content (AvgIpc) is 2.85. The van der Waals surface area contributed by atoms with Gasteiger partial charge in [-0.05, 0) is 23.6 Å². The Morgan fingerprint density at radius 2 is 2.12 bits per heavy atom. The van der Waals surface area contributed by atoms with E-state index < -0.39 is 0 Å². The molecule has 0 radical (unpaired) electrons. The van der Waals surface area contributed by atoms with Gasteiger partial charge in [0.05, 0.1) is 6.61 Å². The molecule has 0 spiro atoms. The number of fused-ring (bicyclic) bond motifs is 1. The van der Waals surface area contributed by atoms with Crippen molar-refractivity contribution in [2.45, 2.75) is 12.8 Å². The highest BCUT2D eigenvalue weighted by molar-refractivity contribution is 5.39. The number of nitrogens with one attached hydrogen (secondary N) is 1. The highest BCUT2D eigenvalue weighted by Gasteiger charge is 2.13. The molecule has 0 unspecified atom stereocenters. The predicted octanol–water partition coefficient (Wildman–Crippen LogP) is 1.07. The lowest BCUT2D eigenvalue weighted by Gasteiger charge is -2.27. The van der Waals surface area contributed by atoms with Gasteiger partial charge in [-0.25, -0.2) is 0 Å². The molecule has 1 saturated heterocycles. The molecule has 2 aliphatic heterocycles. The molecule has 1 aromatic rings. The van der Waals surface area contributed by atoms with Crippen LogP contribution in [-0.4, -0.2) is 44.2 Å². The van der Waals surface area contributed by atoms with E-state index in [2.05, 4.69) is 28.4 Å². The van der Waals surface area contributed by atoms with E-state index in [4.69, 9.17) is 4.74 Å². The van der Waals surface area contributed by atoms with Gasteiger partial charge in [-0.2, -0.15) is 0 Å². The number of benzene rings is 1. The zero-order valence-corrected chi connectivity index (χ0v) is 10.2. The van der Waals surface area contributed by atoms with Crippen LogP contribution in [0.25, 0.3) is 0 Å². The summed E-state index contributed by atoms with van der Waals surface area (Å²) in [4.78, 5) is 2.54. The first-order chi connectivity index (χ1) is 8.42. The molecule has 0 aliphatic carbocycles. The Morgan fingerprint density at radius 1 is 1.24 bits per heavy atom. The molecule has 2 heterocycles. The average molecular weight is 232 g/mol. The van der Waals surface area contributed by atoms with E-state index >= 15 is 0 Å². The Kier molecular flexibility index (Phi) is 3.29. The first-order valence-corrected chi connectivity index (χ1v) is 6.59. The van der Waals surface area contributed by atoms with E-state index in [1.54, 1.807) is 0 Å². The molecular weight excluding hydrogens is 212 g/mol. The first-order valence-electron chi connectivity index (χ1n) is 6.59. The van der Waals surface area contributed by atoms with Crippen molar-refractivity contribution >= 4 is 0 Å². The maximum absolute atomic E-state index is 5.53. The minimum Gasteiger partial charge on any atom is -0.493 e. The van der Waals surface area contributed by atoms with Crippen LogP contribution in [0.2, 0.25) is 0 Å². The summed E-state index contributed by atoms with van der Waals surface area (Å²) in [5, 5.41) is 3.39. The van der Waals surface area contributed by atoms with Crippen LogP contribution in [-0.2, 0) is 12.8 Å². The third-order valence-corrected chi connectivity index (χ3v) is 3.68. The zero-order valence-electron chi connectivity index (χ0n) is 10.2. The van der Waals surface area contributed by atoms with Gasteiger partial charge in [0.25, 0.3) is 0 Å². The fourth-order valence-electron chi connectivity index (χ4n) is 2.62. The molecule has 0 aromatic heterocycles. The van der Waals surface area contributed by atoms with Gasteiger partial charge in [0.1, 0.15) is 5.75 Å². The smallest absolute Gasteiger partial charge is 0.122 e. The minimum absolute atomic E-state index is 0.858. The monoisotopic (exact) mass is 232 g/mol. The molecule has 3 nitrogen and oxygen atoms in total. The molecule has 1 N–H and O–H groups in total. The lowest BCUT2D eigenvalue weighted by Crippen LogP contribution is -2.44. The van der Waals surface area contributed by atoms with Gasteiger partial charge in [-0.1, -0.05) is 12.1 Å². The van der Waals surface area contributed by atoms with Gasteiger partial charge in [0.2, 0.25) is 0 Å². The van der Waals surface area contributed by atoms with E-state index in [-0.39, 0.29) is 0 Å². The minimum atomic E-state index is 0.858. The fraction of sp³-hybridized carbons (Fsp3) is 0.571. The quantitative estimate of drug-likeness (QED) is 0.843. The van der Waals surface area contributed by atoms with E-state index in [0.717, 1.165) is 38.3 Å². The lowest BCUT2D eigenvalue weighted by molar-refractivity contribution is 0.244. The maximum Gasteiger partial charge on any atom is 0.122 e. The Morgan fingerprint density at radius 3 is 3.00 bits per heavy atom. The Bertz CT molecular complexity index is 386. The number of nitrogens with zero attached hydrogens (tertiary/aromatic N) is 1. The normalized spacial score (nSPS) is 20.0. The summed E-state index contributed by atoms with van der Waals surface area (Å²) < 4.78 is 5.53. The molecule has 0 atom stereocenters. The van der Waals surface area contributed by atoms with Crippen LogP contribution >= 0.6 is 0 Å². The van der Waals surface area contributed by atoms with Gasteiger partial charge in [0.15, 0.2) is 0 Å². The summed E-state index contributed by atoms with van der Waals surface area (Å²) in [5.41, 5.74) is 2.84.